The van der Waals surface area contributed by atoms with Gasteiger partial charge in [0, 0.05) is 17.5 Å². The molecule has 3 rings (SSSR count). The number of fused-ring (bicyclic) bond motifs is 1. The minimum absolute atomic E-state index is 0.000983. The summed E-state index contributed by atoms with van der Waals surface area (Å²) in [7, 11) is 0. The predicted octanol–water partition coefficient (Wildman–Crippen LogP) is 2.53. The van der Waals surface area contributed by atoms with Crippen molar-refractivity contribution in [1.29, 1.82) is 0 Å². The monoisotopic (exact) mass is 265 g/mol. The fourth-order valence-corrected chi connectivity index (χ4v) is 2.50. The van der Waals surface area contributed by atoms with Crippen molar-refractivity contribution < 1.29 is 9.59 Å². The summed E-state index contributed by atoms with van der Waals surface area (Å²) in [5.74, 6) is -0.197. The lowest BCUT2D eigenvalue weighted by molar-refractivity contribution is 0.0868. The topological polar surface area (TPSA) is 46.2 Å². The maximum Gasteiger partial charge on any atom is 0.251 e. The third-order valence-electron chi connectivity index (χ3n) is 3.64. The molecular formula is C17H15NO2. The molecule has 1 aliphatic carbocycles. The molecule has 2 aromatic carbocycles. The summed E-state index contributed by atoms with van der Waals surface area (Å²) in [5, 5.41) is 2.82. The van der Waals surface area contributed by atoms with Gasteiger partial charge in [0.1, 0.15) is 0 Å². The van der Waals surface area contributed by atoms with Crippen molar-refractivity contribution in [2.75, 3.05) is 0 Å². The van der Waals surface area contributed by atoms with Gasteiger partial charge in [-0.3, -0.25) is 9.59 Å². The molecule has 1 N–H and O–H groups in total. The average Bonchev–Trinajstić information content (AvgIpc) is 2.77. The maximum atomic E-state index is 12.2. The predicted molar refractivity (Wildman–Crippen MR) is 76.9 cm³/mol. The van der Waals surface area contributed by atoms with Crippen molar-refractivity contribution in [3.63, 3.8) is 0 Å². The Labute approximate surface area is 117 Å². The molecule has 1 unspecified atom stereocenters. The van der Waals surface area contributed by atoms with Crippen LogP contribution in [0, 0.1) is 6.92 Å². The molecule has 0 saturated heterocycles. The third kappa shape index (κ3) is 2.23. The second-order valence-electron chi connectivity index (χ2n) is 5.12. The van der Waals surface area contributed by atoms with Crippen LogP contribution in [0.3, 0.4) is 0 Å². The van der Waals surface area contributed by atoms with Crippen LogP contribution in [0.2, 0.25) is 0 Å². The first-order valence-electron chi connectivity index (χ1n) is 6.65. The minimum atomic E-state index is -0.443. The molecule has 2 aromatic rings. The zero-order valence-electron chi connectivity index (χ0n) is 11.2. The number of carbonyl (C=O) groups excluding carboxylic acids is 2. The Morgan fingerprint density at radius 3 is 2.50 bits per heavy atom. The lowest BCUT2D eigenvalue weighted by atomic mass is 10.1. The number of amides is 1. The molecule has 0 aromatic heterocycles. The molecule has 3 heteroatoms. The normalized spacial score (nSPS) is 16.9. The highest BCUT2D eigenvalue weighted by atomic mass is 16.2. The van der Waals surface area contributed by atoms with Crippen LogP contribution < -0.4 is 5.32 Å². The quantitative estimate of drug-likeness (QED) is 0.907. The van der Waals surface area contributed by atoms with Gasteiger partial charge in [-0.05, 0) is 24.6 Å². The van der Waals surface area contributed by atoms with Crippen molar-refractivity contribution in [2.24, 2.45) is 0 Å². The van der Waals surface area contributed by atoms with Gasteiger partial charge in [0.2, 0.25) is 0 Å². The van der Waals surface area contributed by atoms with E-state index in [0.29, 0.717) is 12.0 Å². The molecular weight excluding hydrogens is 250 g/mol. The summed E-state index contributed by atoms with van der Waals surface area (Å²) >= 11 is 0. The van der Waals surface area contributed by atoms with Crippen molar-refractivity contribution in [3.05, 3.63) is 70.8 Å². The van der Waals surface area contributed by atoms with Gasteiger partial charge in [-0.2, -0.15) is 0 Å². The summed E-state index contributed by atoms with van der Waals surface area (Å²) in [4.78, 5) is 24.3. The van der Waals surface area contributed by atoms with Crippen LogP contribution >= 0.6 is 0 Å². The number of carbonyl (C=O) groups is 2. The lowest BCUT2D eigenvalue weighted by Gasteiger charge is -2.11. The van der Waals surface area contributed by atoms with E-state index in [1.165, 1.54) is 0 Å². The molecule has 1 atom stereocenters. The fraction of sp³-hybridized carbons (Fsp3) is 0.176. The van der Waals surface area contributed by atoms with Crippen LogP contribution in [0.5, 0.6) is 0 Å². The van der Waals surface area contributed by atoms with Crippen LogP contribution in [0.15, 0.2) is 48.5 Å². The van der Waals surface area contributed by atoms with E-state index in [9.17, 15) is 9.59 Å². The summed E-state index contributed by atoms with van der Waals surface area (Å²) in [6.07, 6.45) is 0.576. The minimum Gasteiger partial charge on any atom is -0.342 e. The van der Waals surface area contributed by atoms with Crippen LogP contribution in [-0.4, -0.2) is 17.7 Å². The number of aryl methyl sites for hydroxylation is 1. The Morgan fingerprint density at radius 2 is 1.80 bits per heavy atom. The Balaban J connectivity index is 1.75. The zero-order chi connectivity index (χ0) is 14.1. The SMILES string of the molecule is Cc1ccc(C(=O)NC2Cc3ccccc3C2=O)cc1. The van der Waals surface area contributed by atoms with Crippen LogP contribution in [0.25, 0.3) is 0 Å². The Kier molecular flexibility index (Phi) is 3.11. The smallest absolute Gasteiger partial charge is 0.251 e. The number of ketones is 1. The number of Topliss-reactive ketones (excluding diaryl/α,β-unsaturated/α-hetero) is 1. The van der Waals surface area contributed by atoms with Gasteiger partial charge in [0.25, 0.3) is 5.91 Å². The molecule has 1 aliphatic rings. The number of benzene rings is 2. The number of nitrogens with one attached hydrogen (secondary N) is 1. The van der Waals surface area contributed by atoms with E-state index in [4.69, 9.17) is 0 Å². The Hall–Kier alpha value is -2.42. The molecule has 0 spiro atoms. The van der Waals surface area contributed by atoms with Gasteiger partial charge in [0.15, 0.2) is 5.78 Å². The molecule has 20 heavy (non-hydrogen) atoms. The molecule has 0 heterocycles. The highest BCUT2D eigenvalue weighted by Crippen LogP contribution is 2.22. The number of hydrogen-bond donors (Lipinski definition) is 1. The first kappa shape index (κ1) is 12.6. The first-order chi connectivity index (χ1) is 9.65. The molecule has 100 valence electrons. The molecule has 3 nitrogen and oxygen atoms in total. The number of hydrogen-bond acceptors (Lipinski definition) is 2. The second kappa shape index (κ2) is 4.93. The molecule has 0 aliphatic heterocycles. The fourth-order valence-electron chi connectivity index (χ4n) is 2.50. The third-order valence-corrected chi connectivity index (χ3v) is 3.64. The largest absolute Gasteiger partial charge is 0.342 e. The standard InChI is InChI=1S/C17H15NO2/c1-11-6-8-12(9-7-11)17(20)18-15-10-13-4-2-3-5-14(13)16(15)19/h2-9,15H,10H2,1H3,(H,18,20). The average molecular weight is 265 g/mol. The van der Waals surface area contributed by atoms with Gasteiger partial charge < -0.3 is 5.32 Å². The second-order valence-corrected chi connectivity index (χ2v) is 5.12. The summed E-state index contributed by atoms with van der Waals surface area (Å²) < 4.78 is 0. The van der Waals surface area contributed by atoms with Crippen molar-refractivity contribution in [3.8, 4) is 0 Å². The molecule has 1 amide bonds. The van der Waals surface area contributed by atoms with E-state index in [-0.39, 0.29) is 11.7 Å². The van der Waals surface area contributed by atoms with Crippen molar-refractivity contribution >= 4 is 11.7 Å². The van der Waals surface area contributed by atoms with E-state index in [2.05, 4.69) is 5.32 Å². The summed E-state index contributed by atoms with van der Waals surface area (Å²) in [5.41, 5.74) is 3.42. The van der Waals surface area contributed by atoms with Crippen molar-refractivity contribution in [2.45, 2.75) is 19.4 Å². The van der Waals surface area contributed by atoms with Gasteiger partial charge in [-0.15, -0.1) is 0 Å². The highest BCUT2D eigenvalue weighted by Gasteiger charge is 2.31. The summed E-state index contributed by atoms with van der Waals surface area (Å²) in [6.45, 7) is 1.97. The Bertz CT molecular complexity index is 674. The summed E-state index contributed by atoms with van der Waals surface area (Å²) in [6, 6.07) is 14.4. The van der Waals surface area contributed by atoms with E-state index in [1.807, 2.05) is 43.3 Å². The van der Waals surface area contributed by atoms with Crippen molar-refractivity contribution in [1.82, 2.24) is 5.32 Å². The molecule has 0 radical (unpaired) electrons. The maximum absolute atomic E-state index is 12.2. The zero-order valence-corrected chi connectivity index (χ0v) is 11.2. The van der Waals surface area contributed by atoms with Gasteiger partial charge >= 0.3 is 0 Å². The van der Waals surface area contributed by atoms with E-state index in [1.54, 1.807) is 12.1 Å². The molecule has 0 fully saturated rings. The number of rotatable bonds is 2. The van der Waals surface area contributed by atoms with Gasteiger partial charge in [-0.25, -0.2) is 0 Å². The van der Waals surface area contributed by atoms with E-state index in [0.717, 1.165) is 16.7 Å². The van der Waals surface area contributed by atoms with E-state index < -0.39 is 6.04 Å². The van der Waals surface area contributed by atoms with E-state index >= 15 is 0 Å². The Morgan fingerprint density at radius 1 is 1.10 bits per heavy atom. The van der Waals surface area contributed by atoms with Crippen LogP contribution in [0.4, 0.5) is 0 Å². The van der Waals surface area contributed by atoms with Crippen LogP contribution in [0.1, 0.15) is 31.8 Å². The molecule has 0 bridgehead atoms. The molecule has 0 saturated carbocycles. The first-order valence-corrected chi connectivity index (χ1v) is 6.65. The van der Waals surface area contributed by atoms with Gasteiger partial charge in [0.05, 0.1) is 6.04 Å². The van der Waals surface area contributed by atoms with Crippen LogP contribution in [-0.2, 0) is 6.42 Å². The highest BCUT2D eigenvalue weighted by molar-refractivity contribution is 6.07. The lowest BCUT2D eigenvalue weighted by Crippen LogP contribution is -2.39. The van der Waals surface area contributed by atoms with Gasteiger partial charge in [-0.1, -0.05) is 42.0 Å².